The number of aliphatic hydroxyl groups is 1. The summed E-state index contributed by atoms with van der Waals surface area (Å²) in [4.78, 5) is 27.9. The van der Waals surface area contributed by atoms with Crippen molar-refractivity contribution < 1.29 is 14.6 Å². The van der Waals surface area contributed by atoms with Crippen LogP contribution in [0.25, 0.3) is 0 Å². The highest BCUT2D eigenvalue weighted by molar-refractivity contribution is 7.09. The molecule has 0 aliphatic rings. The van der Waals surface area contributed by atoms with Crippen LogP contribution >= 0.6 is 11.3 Å². The molecular weight excluding hydrogens is 256 g/mol. The van der Waals surface area contributed by atoms with Crippen molar-refractivity contribution in [1.82, 2.24) is 9.88 Å². The number of hydrogen-bond acceptors (Lipinski definition) is 6. The number of hydrogen-bond donors (Lipinski definition) is 2. The quantitative estimate of drug-likeness (QED) is 0.682. The number of nitrogens with one attached hydrogen (secondary N) is 1. The summed E-state index contributed by atoms with van der Waals surface area (Å²) in [6.07, 6.45) is 0.0783. The first kappa shape index (κ1) is 14.9. The number of aromatic nitrogens is 1. The van der Waals surface area contributed by atoms with E-state index >= 15 is 0 Å². The number of carbonyl (C=O) groups is 1. The largest absolute Gasteiger partial charge is 0.466 e. The number of thiazole rings is 1. The summed E-state index contributed by atoms with van der Waals surface area (Å²) in [5, 5.41) is 8.82. The Balaban J connectivity index is 2.73. The van der Waals surface area contributed by atoms with E-state index in [2.05, 4.69) is 4.98 Å². The fourth-order valence-corrected chi connectivity index (χ4v) is 2.44. The molecule has 1 aromatic rings. The van der Waals surface area contributed by atoms with Gasteiger partial charge < -0.3 is 14.8 Å². The minimum atomic E-state index is -0.349. The maximum Gasteiger partial charge on any atom is 0.311 e. The molecule has 0 radical (unpaired) electrons. The number of aliphatic hydroxyl groups excluding tert-OH is 1. The van der Waals surface area contributed by atoms with Crippen LogP contribution in [0.5, 0.6) is 0 Å². The van der Waals surface area contributed by atoms with Crippen LogP contribution in [0.15, 0.2) is 4.79 Å². The SMILES string of the molecule is CCOC(=O)Cc1[nH]c(=O)sc1CN(C)CCO. The van der Waals surface area contributed by atoms with Crippen molar-refractivity contribution in [1.29, 1.82) is 0 Å². The van der Waals surface area contributed by atoms with Gasteiger partial charge in [-0.25, -0.2) is 0 Å². The van der Waals surface area contributed by atoms with E-state index in [4.69, 9.17) is 9.84 Å². The molecule has 1 rings (SSSR count). The Bertz CT molecular complexity index is 440. The predicted octanol–water partition coefficient (Wildman–Crippen LogP) is -0.0339. The van der Waals surface area contributed by atoms with Crippen LogP contribution in [0.1, 0.15) is 17.5 Å². The molecule has 1 aromatic heterocycles. The third-order valence-electron chi connectivity index (χ3n) is 2.33. The lowest BCUT2D eigenvalue weighted by molar-refractivity contribution is -0.142. The summed E-state index contributed by atoms with van der Waals surface area (Å²) in [7, 11) is 1.84. The third kappa shape index (κ3) is 4.59. The molecular formula is C11H18N2O4S. The third-order valence-corrected chi connectivity index (χ3v) is 3.24. The predicted molar refractivity (Wildman–Crippen MR) is 68.7 cm³/mol. The van der Waals surface area contributed by atoms with Crippen LogP contribution < -0.4 is 4.87 Å². The molecule has 6 nitrogen and oxygen atoms in total. The first-order valence-corrected chi connectivity index (χ1v) is 6.54. The van der Waals surface area contributed by atoms with Crippen molar-refractivity contribution >= 4 is 17.3 Å². The van der Waals surface area contributed by atoms with Gasteiger partial charge in [0.2, 0.25) is 0 Å². The molecule has 0 atom stereocenters. The lowest BCUT2D eigenvalue weighted by Gasteiger charge is -2.14. The number of carbonyl (C=O) groups excluding carboxylic acids is 1. The lowest BCUT2D eigenvalue weighted by Crippen LogP contribution is -2.22. The molecule has 0 aliphatic carbocycles. The molecule has 7 heteroatoms. The van der Waals surface area contributed by atoms with Crippen molar-refractivity contribution in [3.63, 3.8) is 0 Å². The number of esters is 1. The average molecular weight is 274 g/mol. The van der Waals surface area contributed by atoms with Gasteiger partial charge in [0.25, 0.3) is 0 Å². The summed E-state index contributed by atoms with van der Waals surface area (Å²) < 4.78 is 4.85. The highest BCUT2D eigenvalue weighted by Gasteiger charge is 2.14. The molecule has 18 heavy (non-hydrogen) atoms. The van der Waals surface area contributed by atoms with Gasteiger partial charge in [-0.3, -0.25) is 14.5 Å². The van der Waals surface area contributed by atoms with E-state index in [1.807, 2.05) is 11.9 Å². The molecule has 1 heterocycles. The Morgan fingerprint density at radius 2 is 2.28 bits per heavy atom. The summed E-state index contributed by atoms with van der Waals surface area (Å²) >= 11 is 1.09. The number of aromatic amines is 1. The van der Waals surface area contributed by atoms with Gasteiger partial charge in [-0.05, 0) is 14.0 Å². The van der Waals surface area contributed by atoms with Crippen molar-refractivity contribution in [2.24, 2.45) is 0 Å². The molecule has 0 saturated carbocycles. The first-order chi connectivity index (χ1) is 8.56. The summed E-state index contributed by atoms with van der Waals surface area (Å²) in [6, 6.07) is 0. The van der Waals surface area contributed by atoms with Crippen molar-refractivity contribution in [3.05, 3.63) is 20.2 Å². The van der Waals surface area contributed by atoms with E-state index in [1.165, 1.54) is 0 Å². The maximum atomic E-state index is 11.4. The van der Waals surface area contributed by atoms with Crippen LogP contribution in [0.4, 0.5) is 0 Å². The van der Waals surface area contributed by atoms with E-state index < -0.39 is 0 Å². The summed E-state index contributed by atoms with van der Waals surface area (Å²) in [5.41, 5.74) is 0.605. The zero-order valence-electron chi connectivity index (χ0n) is 10.6. The second-order valence-electron chi connectivity index (χ2n) is 3.86. The average Bonchev–Trinajstić information content (AvgIpc) is 2.59. The molecule has 0 bridgehead atoms. The zero-order valence-corrected chi connectivity index (χ0v) is 11.4. The van der Waals surface area contributed by atoms with Gasteiger partial charge >= 0.3 is 10.8 Å². The lowest BCUT2D eigenvalue weighted by atomic mass is 10.2. The van der Waals surface area contributed by atoms with E-state index in [9.17, 15) is 9.59 Å². The summed E-state index contributed by atoms with van der Waals surface area (Å²) in [5.74, 6) is -0.349. The second-order valence-corrected chi connectivity index (χ2v) is 4.93. The Labute approximate surface area is 109 Å². The van der Waals surface area contributed by atoms with E-state index in [-0.39, 0.29) is 23.9 Å². The first-order valence-electron chi connectivity index (χ1n) is 5.72. The second kappa shape index (κ2) is 7.30. The van der Waals surface area contributed by atoms with Crippen molar-refractivity contribution in [3.8, 4) is 0 Å². The number of nitrogens with zero attached hydrogens (tertiary/aromatic N) is 1. The Hall–Kier alpha value is -1.18. The van der Waals surface area contributed by atoms with Crippen LogP contribution in [0, 0.1) is 0 Å². The Kier molecular flexibility index (Phi) is 6.03. The van der Waals surface area contributed by atoms with Crippen molar-refractivity contribution in [2.45, 2.75) is 19.9 Å². The molecule has 0 aromatic carbocycles. The van der Waals surface area contributed by atoms with Crippen LogP contribution in [0.2, 0.25) is 0 Å². The normalized spacial score (nSPS) is 10.9. The number of H-pyrrole nitrogens is 1. The van der Waals surface area contributed by atoms with Gasteiger partial charge in [-0.15, -0.1) is 0 Å². The van der Waals surface area contributed by atoms with Gasteiger partial charge in [0.15, 0.2) is 0 Å². The van der Waals surface area contributed by atoms with Gasteiger partial charge in [0, 0.05) is 23.7 Å². The van der Waals surface area contributed by atoms with Crippen LogP contribution in [-0.2, 0) is 22.5 Å². The molecule has 0 saturated heterocycles. The number of likely N-dealkylation sites (N-methyl/N-ethyl adjacent to an activating group) is 1. The fraction of sp³-hybridized carbons (Fsp3) is 0.636. The zero-order chi connectivity index (χ0) is 13.5. The van der Waals surface area contributed by atoms with Gasteiger partial charge in [0.05, 0.1) is 19.6 Å². The molecule has 0 spiro atoms. The van der Waals surface area contributed by atoms with E-state index in [0.717, 1.165) is 16.2 Å². The van der Waals surface area contributed by atoms with Gasteiger partial charge in [-0.1, -0.05) is 11.3 Å². The standard InChI is InChI=1S/C11H18N2O4S/c1-3-17-10(15)6-8-9(18-11(16)12-8)7-13(2)4-5-14/h14H,3-7H2,1-2H3,(H,12,16). The molecule has 102 valence electrons. The van der Waals surface area contributed by atoms with Gasteiger partial charge in [0.1, 0.15) is 0 Å². The number of rotatable bonds is 7. The highest BCUT2D eigenvalue weighted by Crippen LogP contribution is 2.13. The molecule has 0 unspecified atom stereocenters. The monoisotopic (exact) mass is 274 g/mol. The molecule has 0 amide bonds. The summed E-state index contributed by atoms with van der Waals surface area (Å²) in [6.45, 7) is 3.17. The number of ether oxygens (including phenoxy) is 1. The minimum absolute atomic E-state index is 0.0586. The smallest absolute Gasteiger partial charge is 0.311 e. The van der Waals surface area contributed by atoms with E-state index in [0.29, 0.717) is 25.4 Å². The topological polar surface area (TPSA) is 82.6 Å². The molecule has 0 aliphatic heterocycles. The highest BCUT2D eigenvalue weighted by atomic mass is 32.1. The fourth-order valence-electron chi connectivity index (χ4n) is 1.51. The Morgan fingerprint density at radius 1 is 1.56 bits per heavy atom. The van der Waals surface area contributed by atoms with Gasteiger partial charge in [-0.2, -0.15) is 0 Å². The van der Waals surface area contributed by atoms with Crippen LogP contribution in [-0.4, -0.2) is 47.8 Å². The molecule has 0 fully saturated rings. The van der Waals surface area contributed by atoms with Crippen LogP contribution in [0.3, 0.4) is 0 Å². The minimum Gasteiger partial charge on any atom is -0.466 e. The maximum absolute atomic E-state index is 11.4. The van der Waals surface area contributed by atoms with E-state index in [1.54, 1.807) is 6.92 Å². The van der Waals surface area contributed by atoms with Crippen molar-refractivity contribution in [2.75, 3.05) is 26.8 Å². The molecule has 2 N–H and O–H groups in total. The Morgan fingerprint density at radius 3 is 2.89 bits per heavy atom.